The van der Waals surface area contributed by atoms with Gasteiger partial charge in [-0.05, 0) is 54.7 Å². The predicted molar refractivity (Wildman–Crippen MR) is 103 cm³/mol. The summed E-state index contributed by atoms with van der Waals surface area (Å²) in [5.74, 6) is -0.157. The molecule has 0 unspecified atom stereocenters. The number of rotatable bonds is 6. The van der Waals surface area contributed by atoms with Gasteiger partial charge < -0.3 is 10.4 Å². The first-order valence-corrected chi connectivity index (χ1v) is 9.64. The highest BCUT2D eigenvalue weighted by molar-refractivity contribution is 6.33. The number of aryl methyl sites for hydroxylation is 1. The molecular weight excluding hydrogens is 350 g/mol. The van der Waals surface area contributed by atoms with Gasteiger partial charge in [0.25, 0.3) is 5.91 Å². The minimum Gasteiger partial charge on any atom is -0.481 e. The second-order valence-corrected chi connectivity index (χ2v) is 8.15. The van der Waals surface area contributed by atoms with Crippen LogP contribution >= 0.6 is 11.6 Å². The molecule has 2 saturated carbocycles. The van der Waals surface area contributed by atoms with Crippen molar-refractivity contribution in [1.29, 1.82) is 0 Å². The standard InChI is InChI=1S/C20H26ClNO3.CH2/c21-17-7-5-14(6-8-18(23)24)11-16(17)19(25)22-13-20-9-1-3-15(12-20)4-2-10-20;/h5,7,11,15H,1-4,6,8-10,12-13H2,(H,22,25)(H,23,24);1H2. The van der Waals surface area contributed by atoms with Crippen molar-refractivity contribution >= 4 is 23.5 Å². The number of carbonyl (C=O) groups excluding carboxylic acids is 1. The molecule has 0 saturated heterocycles. The van der Waals surface area contributed by atoms with Crippen LogP contribution in [0.2, 0.25) is 5.02 Å². The lowest BCUT2D eigenvalue weighted by Gasteiger charge is -2.45. The number of carboxylic acid groups (broad SMARTS) is 1. The van der Waals surface area contributed by atoms with Crippen LogP contribution in [0.5, 0.6) is 0 Å². The Bertz CT molecular complexity index is 649. The number of hydrogen-bond acceptors (Lipinski definition) is 2. The second kappa shape index (κ2) is 8.90. The first-order chi connectivity index (χ1) is 12.0. The summed E-state index contributed by atoms with van der Waals surface area (Å²) in [5, 5.41) is 12.3. The van der Waals surface area contributed by atoms with Gasteiger partial charge in [-0.15, -0.1) is 0 Å². The lowest BCUT2D eigenvalue weighted by atomic mass is 9.62. The average Bonchev–Trinajstić information content (AvgIpc) is 2.59. The molecular formula is C21H28ClNO3. The van der Waals surface area contributed by atoms with Crippen LogP contribution in [0.25, 0.3) is 0 Å². The predicted octanol–water partition coefficient (Wildman–Crippen LogP) is 4.77. The largest absolute Gasteiger partial charge is 0.481 e. The zero-order valence-corrected chi connectivity index (χ0v) is 16.0. The topological polar surface area (TPSA) is 66.4 Å². The monoisotopic (exact) mass is 377 g/mol. The van der Waals surface area contributed by atoms with Gasteiger partial charge >= 0.3 is 5.97 Å². The molecule has 4 nitrogen and oxygen atoms in total. The molecule has 26 heavy (non-hydrogen) atoms. The first-order valence-electron chi connectivity index (χ1n) is 9.26. The van der Waals surface area contributed by atoms with E-state index in [2.05, 4.69) is 5.32 Å². The third-order valence-corrected chi connectivity index (χ3v) is 6.22. The molecule has 2 bridgehead atoms. The number of aliphatic carboxylic acids is 1. The van der Waals surface area contributed by atoms with Crippen molar-refractivity contribution in [3.63, 3.8) is 0 Å². The average molecular weight is 378 g/mol. The van der Waals surface area contributed by atoms with Crippen LogP contribution < -0.4 is 5.32 Å². The number of carbonyl (C=O) groups is 2. The molecule has 2 aliphatic carbocycles. The van der Waals surface area contributed by atoms with E-state index in [4.69, 9.17) is 16.7 Å². The molecule has 2 aliphatic rings. The molecule has 2 fully saturated rings. The molecule has 0 aliphatic heterocycles. The maximum Gasteiger partial charge on any atom is 0.303 e. The first kappa shape index (κ1) is 20.8. The number of hydrogen-bond donors (Lipinski definition) is 2. The summed E-state index contributed by atoms with van der Waals surface area (Å²) < 4.78 is 0. The van der Waals surface area contributed by atoms with Gasteiger partial charge in [0, 0.05) is 13.0 Å². The van der Waals surface area contributed by atoms with Crippen molar-refractivity contribution in [1.82, 2.24) is 5.32 Å². The number of amides is 1. The normalized spacial score (nSPS) is 24.4. The Morgan fingerprint density at radius 1 is 1.23 bits per heavy atom. The lowest BCUT2D eigenvalue weighted by molar-refractivity contribution is -0.136. The van der Waals surface area contributed by atoms with E-state index in [1.807, 2.05) is 0 Å². The van der Waals surface area contributed by atoms with Crippen molar-refractivity contribution in [2.24, 2.45) is 11.3 Å². The SMILES string of the molecule is O=C(O)CCc1ccc(Cl)c(C(=O)NCC23CCCC(CCC2)C3)c1.[CH2]. The molecule has 0 spiro atoms. The third-order valence-electron chi connectivity index (χ3n) is 5.89. The van der Waals surface area contributed by atoms with Crippen LogP contribution in [0.1, 0.15) is 67.3 Å². The molecule has 1 amide bonds. The van der Waals surface area contributed by atoms with E-state index in [1.54, 1.807) is 18.2 Å². The van der Waals surface area contributed by atoms with E-state index >= 15 is 0 Å². The molecule has 5 heteroatoms. The van der Waals surface area contributed by atoms with E-state index in [9.17, 15) is 9.59 Å². The van der Waals surface area contributed by atoms with Gasteiger partial charge in [-0.25, -0.2) is 0 Å². The van der Waals surface area contributed by atoms with Crippen molar-refractivity contribution in [2.45, 2.75) is 57.8 Å². The van der Waals surface area contributed by atoms with Gasteiger partial charge in [-0.2, -0.15) is 0 Å². The number of benzene rings is 1. The van der Waals surface area contributed by atoms with Crippen molar-refractivity contribution in [3.05, 3.63) is 41.8 Å². The summed E-state index contributed by atoms with van der Waals surface area (Å²) in [6.45, 7) is 0.720. The van der Waals surface area contributed by atoms with E-state index in [0.717, 1.165) is 18.0 Å². The highest BCUT2D eigenvalue weighted by Gasteiger charge is 2.39. The summed E-state index contributed by atoms with van der Waals surface area (Å²) in [6.07, 6.45) is 9.32. The second-order valence-electron chi connectivity index (χ2n) is 7.75. The lowest BCUT2D eigenvalue weighted by Crippen LogP contribution is -2.43. The number of nitrogens with one attached hydrogen (secondary N) is 1. The van der Waals surface area contributed by atoms with Crippen LogP contribution in [0, 0.1) is 18.8 Å². The van der Waals surface area contributed by atoms with E-state index in [-0.39, 0.29) is 25.2 Å². The zero-order valence-electron chi connectivity index (χ0n) is 15.2. The molecule has 0 atom stereocenters. The minimum absolute atomic E-state index is 0. The van der Waals surface area contributed by atoms with E-state index < -0.39 is 5.97 Å². The Kier molecular flexibility index (Phi) is 7.10. The van der Waals surface area contributed by atoms with Crippen LogP contribution in [-0.4, -0.2) is 23.5 Å². The van der Waals surface area contributed by atoms with Crippen molar-refractivity contribution in [2.75, 3.05) is 6.54 Å². The molecule has 2 N–H and O–H groups in total. The quantitative estimate of drug-likeness (QED) is 0.750. The molecule has 142 valence electrons. The Hall–Kier alpha value is -1.55. The highest BCUT2D eigenvalue weighted by Crippen LogP contribution is 2.48. The summed E-state index contributed by atoms with van der Waals surface area (Å²) in [6, 6.07) is 5.19. The van der Waals surface area contributed by atoms with Crippen molar-refractivity contribution < 1.29 is 14.7 Å². The molecule has 3 rings (SSSR count). The number of halogens is 1. The molecule has 0 heterocycles. The fourth-order valence-corrected chi connectivity index (χ4v) is 4.79. The van der Waals surface area contributed by atoms with Gasteiger partial charge in [0.1, 0.15) is 0 Å². The Morgan fingerprint density at radius 2 is 1.92 bits per heavy atom. The van der Waals surface area contributed by atoms with E-state index in [1.165, 1.54) is 44.9 Å². The van der Waals surface area contributed by atoms with Crippen LogP contribution in [0.3, 0.4) is 0 Å². The third kappa shape index (κ3) is 5.00. The van der Waals surface area contributed by atoms with E-state index in [0.29, 0.717) is 17.0 Å². The minimum atomic E-state index is -0.843. The molecule has 0 aromatic heterocycles. The van der Waals surface area contributed by atoms with Gasteiger partial charge in [0.05, 0.1) is 10.6 Å². The maximum atomic E-state index is 12.6. The molecule has 2 radical (unpaired) electrons. The highest BCUT2D eigenvalue weighted by atomic mass is 35.5. The molecule has 1 aromatic carbocycles. The van der Waals surface area contributed by atoms with Crippen LogP contribution in [0.4, 0.5) is 0 Å². The molecule has 1 aromatic rings. The van der Waals surface area contributed by atoms with Crippen LogP contribution in [-0.2, 0) is 11.2 Å². The van der Waals surface area contributed by atoms with Gasteiger partial charge in [-0.3, -0.25) is 9.59 Å². The number of fused-ring (bicyclic) bond motifs is 2. The Balaban J connectivity index is 0.00000243. The Labute approximate surface area is 161 Å². The van der Waals surface area contributed by atoms with Crippen LogP contribution in [0.15, 0.2) is 18.2 Å². The zero-order chi connectivity index (χ0) is 17.9. The Morgan fingerprint density at radius 3 is 2.58 bits per heavy atom. The van der Waals surface area contributed by atoms with Gasteiger partial charge in [0.15, 0.2) is 0 Å². The number of carboxylic acids is 1. The van der Waals surface area contributed by atoms with Crippen molar-refractivity contribution in [3.8, 4) is 0 Å². The maximum absolute atomic E-state index is 12.6. The smallest absolute Gasteiger partial charge is 0.303 e. The summed E-state index contributed by atoms with van der Waals surface area (Å²) >= 11 is 6.20. The van der Waals surface area contributed by atoms with Gasteiger partial charge in [0.2, 0.25) is 0 Å². The fraction of sp³-hybridized carbons (Fsp3) is 0.571. The summed E-state index contributed by atoms with van der Waals surface area (Å²) in [4.78, 5) is 23.4. The fourth-order valence-electron chi connectivity index (χ4n) is 4.59. The van der Waals surface area contributed by atoms with Gasteiger partial charge in [-0.1, -0.05) is 50.8 Å². The summed E-state index contributed by atoms with van der Waals surface area (Å²) in [7, 11) is 0. The summed E-state index contributed by atoms with van der Waals surface area (Å²) in [5.41, 5.74) is 1.54.